The number of methoxy groups -OCH3 is 1. The summed E-state index contributed by atoms with van der Waals surface area (Å²) in [6.07, 6.45) is 0.969. The van der Waals surface area contributed by atoms with Gasteiger partial charge < -0.3 is 10.1 Å². The van der Waals surface area contributed by atoms with Crippen LogP contribution in [0.15, 0.2) is 77.7 Å². The first kappa shape index (κ1) is 23.4. The molecule has 0 bridgehead atoms. The van der Waals surface area contributed by atoms with Crippen LogP contribution in [-0.2, 0) is 27.7 Å². The maximum Gasteiger partial charge on any atom is 0.245 e. The van der Waals surface area contributed by atoms with E-state index in [9.17, 15) is 17.6 Å². The minimum Gasteiger partial charge on any atom is -0.495 e. The Balaban J connectivity index is 1.89. The van der Waals surface area contributed by atoms with Gasteiger partial charge in [0, 0.05) is 5.69 Å². The van der Waals surface area contributed by atoms with Crippen molar-refractivity contribution in [1.82, 2.24) is 4.72 Å². The highest BCUT2D eigenvalue weighted by Gasteiger charge is 2.28. The Morgan fingerprint density at radius 3 is 2.31 bits per heavy atom. The number of nitrogens with one attached hydrogen (secondary N) is 2. The highest BCUT2D eigenvalue weighted by molar-refractivity contribution is 7.89. The first-order valence-electron chi connectivity index (χ1n) is 10.1. The van der Waals surface area contributed by atoms with Gasteiger partial charge in [-0.2, -0.15) is 4.72 Å². The number of ether oxygens (including phenoxy) is 1. The summed E-state index contributed by atoms with van der Waals surface area (Å²) >= 11 is 0. The molecule has 0 fully saturated rings. The fourth-order valence-electron chi connectivity index (χ4n) is 3.20. The second kappa shape index (κ2) is 10.4. The SMILES string of the molecule is CCc1ccc(NC(=O)C(Cc2ccccc2)NS(=O)(=O)c2cc(F)ccc2OC)cc1. The van der Waals surface area contributed by atoms with Crippen molar-refractivity contribution >= 4 is 21.6 Å². The van der Waals surface area contributed by atoms with Gasteiger partial charge in [0.25, 0.3) is 0 Å². The van der Waals surface area contributed by atoms with Crippen molar-refractivity contribution in [2.24, 2.45) is 0 Å². The number of amides is 1. The summed E-state index contributed by atoms with van der Waals surface area (Å²) < 4.78 is 47.4. The molecule has 0 aliphatic carbocycles. The van der Waals surface area contributed by atoms with Crippen LogP contribution in [0.4, 0.5) is 10.1 Å². The summed E-state index contributed by atoms with van der Waals surface area (Å²) in [6.45, 7) is 2.03. The summed E-state index contributed by atoms with van der Waals surface area (Å²) in [4.78, 5) is 12.7. The maximum atomic E-state index is 13.8. The lowest BCUT2D eigenvalue weighted by atomic mass is 10.1. The van der Waals surface area contributed by atoms with Crippen LogP contribution in [0, 0.1) is 5.82 Å². The van der Waals surface area contributed by atoms with Gasteiger partial charge in [-0.15, -0.1) is 0 Å². The summed E-state index contributed by atoms with van der Waals surface area (Å²) in [7, 11) is -2.98. The number of aryl methyl sites for hydroxylation is 1. The van der Waals surface area contributed by atoms with Gasteiger partial charge in [-0.05, 0) is 54.3 Å². The summed E-state index contributed by atoms with van der Waals surface area (Å²) in [5.74, 6) is -1.28. The summed E-state index contributed by atoms with van der Waals surface area (Å²) in [5, 5.41) is 2.76. The number of benzene rings is 3. The van der Waals surface area contributed by atoms with E-state index < -0.39 is 27.8 Å². The van der Waals surface area contributed by atoms with E-state index in [1.54, 1.807) is 36.4 Å². The third-order valence-corrected chi connectivity index (χ3v) is 6.43. The molecule has 3 aromatic rings. The number of anilines is 1. The largest absolute Gasteiger partial charge is 0.495 e. The standard InChI is InChI=1S/C24H25FN2O4S/c1-3-17-9-12-20(13-10-17)26-24(28)21(15-18-7-5-4-6-8-18)27-32(29,30)23-16-19(25)11-14-22(23)31-2/h4-14,16,21,27H,3,15H2,1-2H3,(H,26,28). The molecule has 0 saturated heterocycles. The minimum absolute atomic E-state index is 0.0204. The van der Waals surface area contributed by atoms with Crippen molar-refractivity contribution in [2.75, 3.05) is 12.4 Å². The topological polar surface area (TPSA) is 84.5 Å². The number of hydrogen-bond donors (Lipinski definition) is 2. The molecule has 6 nitrogen and oxygen atoms in total. The molecule has 1 amide bonds. The molecule has 2 N–H and O–H groups in total. The van der Waals surface area contributed by atoms with Crippen molar-refractivity contribution in [1.29, 1.82) is 0 Å². The van der Waals surface area contributed by atoms with Crippen molar-refractivity contribution in [3.8, 4) is 5.75 Å². The Morgan fingerprint density at radius 2 is 1.69 bits per heavy atom. The van der Waals surface area contributed by atoms with E-state index in [1.807, 2.05) is 25.1 Å². The maximum absolute atomic E-state index is 13.8. The number of carbonyl (C=O) groups is 1. The fourth-order valence-corrected chi connectivity index (χ4v) is 4.58. The average Bonchev–Trinajstić information content (AvgIpc) is 2.79. The van der Waals surface area contributed by atoms with Crippen LogP contribution < -0.4 is 14.8 Å². The Kier molecular flexibility index (Phi) is 7.61. The first-order chi connectivity index (χ1) is 15.3. The second-order valence-corrected chi connectivity index (χ2v) is 8.88. The van der Waals surface area contributed by atoms with Crippen LogP contribution in [-0.4, -0.2) is 27.5 Å². The lowest BCUT2D eigenvalue weighted by molar-refractivity contribution is -0.117. The minimum atomic E-state index is -4.27. The van der Waals surface area contributed by atoms with Gasteiger partial charge in [0.05, 0.1) is 7.11 Å². The van der Waals surface area contributed by atoms with Crippen molar-refractivity contribution < 1.29 is 22.3 Å². The van der Waals surface area contributed by atoms with Crippen LogP contribution in [0.2, 0.25) is 0 Å². The fraction of sp³-hybridized carbons (Fsp3) is 0.208. The molecular weight excluding hydrogens is 431 g/mol. The van der Waals surface area contributed by atoms with E-state index in [4.69, 9.17) is 4.74 Å². The molecule has 1 atom stereocenters. The molecule has 0 heterocycles. The number of carbonyl (C=O) groups excluding carboxylic acids is 1. The highest BCUT2D eigenvalue weighted by atomic mass is 32.2. The van der Waals surface area contributed by atoms with E-state index in [2.05, 4.69) is 10.0 Å². The zero-order valence-electron chi connectivity index (χ0n) is 17.8. The van der Waals surface area contributed by atoms with E-state index in [-0.39, 0.29) is 17.1 Å². The highest BCUT2D eigenvalue weighted by Crippen LogP contribution is 2.25. The van der Waals surface area contributed by atoms with Gasteiger partial charge in [0.2, 0.25) is 15.9 Å². The quantitative estimate of drug-likeness (QED) is 0.511. The van der Waals surface area contributed by atoms with Crippen molar-refractivity contribution in [3.05, 3.63) is 89.7 Å². The summed E-state index contributed by atoms with van der Waals surface area (Å²) in [6, 6.07) is 18.4. The first-order valence-corrected chi connectivity index (χ1v) is 11.6. The Bertz CT molecular complexity index is 1170. The van der Waals surface area contributed by atoms with Crippen LogP contribution in [0.25, 0.3) is 0 Å². The van der Waals surface area contributed by atoms with E-state index in [1.165, 1.54) is 13.2 Å². The van der Waals surface area contributed by atoms with Crippen LogP contribution in [0.5, 0.6) is 5.75 Å². The Labute approximate surface area is 187 Å². The third kappa shape index (κ3) is 5.93. The monoisotopic (exact) mass is 456 g/mol. The summed E-state index contributed by atoms with van der Waals surface area (Å²) in [5.41, 5.74) is 2.43. The van der Waals surface area contributed by atoms with Gasteiger partial charge in [0.15, 0.2) is 0 Å². The van der Waals surface area contributed by atoms with Gasteiger partial charge in [-0.25, -0.2) is 12.8 Å². The molecule has 0 aliphatic rings. The molecule has 0 saturated carbocycles. The van der Waals surface area contributed by atoms with Gasteiger partial charge >= 0.3 is 0 Å². The zero-order valence-corrected chi connectivity index (χ0v) is 18.7. The number of hydrogen-bond acceptors (Lipinski definition) is 4. The Hall–Kier alpha value is -3.23. The van der Waals surface area contributed by atoms with E-state index in [0.717, 1.165) is 29.7 Å². The van der Waals surface area contributed by atoms with Crippen LogP contribution >= 0.6 is 0 Å². The van der Waals surface area contributed by atoms with Crippen molar-refractivity contribution in [2.45, 2.75) is 30.7 Å². The Morgan fingerprint density at radius 1 is 1.00 bits per heavy atom. The predicted molar refractivity (Wildman–Crippen MR) is 122 cm³/mol. The van der Waals surface area contributed by atoms with Gasteiger partial charge in [0.1, 0.15) is 22.5 Å². The van der Waals surface area contributed by atoms with E-state index >= 15 is 0 Å². The molecular formula is C24H25FN2O4S. The lowest BCUT2D eigenvalue weighted by Gasteiger charge is -2.20. The molecule has 168 valence electrons. The normalized spacial score (nSPS) is 12.2. The molecule has 8 heteroatoms. The second-order valence-electron chi connectivity index (χ2n) is 7.20. The van der Waals surface area contributed by atoms with Gasteiger partial charge in [-0.1, -0.05) is 49.4 Å². The smallest absolute Gasteiger partial charge is 0.245 e. The van der Waals surface area contributed by atoms with Crippen LogP contribution in [0.1, 0.15) is 18.1 Å². The zero-order chi connectivity index (χ0) is 23.1. The molecule has 32 heavy (non-hydrogen) atoms. The molecule has 0 aromatic heterocycles. The third-order valence-electron chi connectivity index (χ3n) is 4.94. The van der Waals surface area contributed by atoms with Crippen LogP contribution in [0.3, 0.4) is 0 Å². The number of rotatable bonds is 9. The molecule has 0 spiro atoms. The number of sulfonamides is 1. The molecule has 0 radical (unpaired) electrons. The molecule has 3 rings (SSSR count). The average molecular weight is 457 g/mol. The lowest BCUT2D eigenvalue weighted by Crippen LogP contribution is -2.45. The van der Waals surface area contributed by atoms with Crippen molar-refractivity contribution in [3.63, 3.8) is 0 Å². The predicted octanol–water partition coefficient (Wildman–Crippen LogP) is 3.93. The van der Waals surface area contributed by atoms with E-state index in [0.29, 0.717) is 5.69 Å². The molecule has 1 unspecified atom stereocenters. The molecule has 0 aliphatic heterocycles. The van der Waals surface area contributed by atoms with Gasteiger partial charge in [-0.3, -0.25) is 4.79 Å². The number of halogens is 1. The molecule has 3 aromatic carbocycles.